The Morgan fingerprint density at radius 1 is 1.43 bits per heavy atom. The third kappa shape index (κ3) is 5.07. The molecule has 122 valence electrons. The molecule has 0 radical (unpaired) electrons. The van der Waals surface area contributed by atoms with Crippen LogP contribution in [0.5, 0.6) is 0 Å². The topological polar surface area (TPSA) is 64.0 Å². The van der Waals surface area contributed by atoms with Gasteiger partial charge in [-0.3, -0.25) is 0 Å². The predicted molar refractivity (Wildman–Crippen MR) is 89.2 cm³/mol. The molecule has 0 fully saturated rings. The third-order valence-electron chi connectivity index (χ3n) is 3.43. The standard InChI is InChI=1S/C14H26BrN3O2S/c1-6-9-18-10-13(16-11(18)2)21(19,20)17-12(7-8-15)14(3,4)5/h10,12,17H,6-9H2,1-5H3. The van der Waals surface area contributed by atoms with Crippen molar-refractivity contribution in [3.63, 3.8) is 0 Å². The zero-order valence-electron chi connectivity index (χ0n) is 13.5. The average Bonchev–Trinajstić information content (AvgIpc) is 2.70. The predicted octanol–water partition coefficient (Wildman–Crippen LogP) is 3.08. The number of nitrogens with zero attached hydrogens (tertiary/aromatic N) is 2. The highest BCUT2D eigenvalue weighted by Gasteiger charge is 2.30. The first kappa shape index (κ1) is 18.6. The van der Waals surface area contributed by atoms with E-state index in [-0.39, 0.29) is 16.5 Å². The van der Waals surface area contributed by atoms with Crippen molar-refractivity contribution in [2.24, 2.45) is 5.41 Å². The lowest BCUT2D eigenvalue weighted by molar-refractivity contribution is 0.293. The number of hydrogen-bond donors (Lipinski definition) is 1. The molecule has 0 aromatic carbocycles. The van der Waals surface area contributed by atoms with Gasteiger partial charge in [-0.2, -0.15) is 0 Å². The van der Waals surface area contributed by atoms with Crippen molar-refractivity contribution < 1.29 is 8.42 Å². The van der Waals surface area contributed by atoms with Crippen LogP contribution in [0, 0.1) is 12.3 Å². The number of halogens is 1. The highest BCUT2D eigenvalue weighted by molar-refractivity contribution is 9.09. The quantitative estimate of drug-likeness (QED) is 0.740. The van der Waals surface area contributed by atoms with Gasteiger partial charge in [-0.05, 0) is 25.2 Å². The van der Waals surface area contributed by atoms with Gasteiger partial charge in [0.05, 0.1) is 0 Å². The van der Waals surface area contributed by atoms with Crippen LogP contribution >= 0.6 is 15.9 Å². The summed E-state index contributed by atoms with van der Waals surface area (Å²) >= 11 is 3.39. The molecular weight excluding hydrogens is 354 g/mol. The van der Waals surface area contributed by atoms with E-state index in [0.717, 1.165) is 30.5 Å². The Kier molecular flexibility index (Phi) is 6.43. The zero-order valence-corrected chi connectivity index (χ0v) is 15.9. The molecule has 0 aliphatic rings. The van der Waals surface area contributed by atoms with E-state index in [4.69, 9.17) is 0 Å². The first-order chi connectivity index (χ1) is 9.61. The Balaban J connectivity index is 3.02. The fourth-order valence-corrected chi connectivity index (χ4v) is 4.04. The summed E-state index contributed by atoms with van der Waals surface area (Å²) in [5, 5.41) is 0.859. The van der Waals surface area contributed by atoms with Crippen LogP contribution in [0.1, 0.15) is 46.4 Å². The molecule has 1 heterocycles. The molecule has 21 heavy (non-hydrogen) atoms. The Bertz CT molecular complexity index is 561. The molecule has 0 aliphatic heterocycles. The Morgan fingerprint density at radius 2 is 2.05 bits per heavy atom. The van der Waals surface area contributed by atoms with Gasteiger partial charge >= 0.3 is 0 Å². The third-order valence-corrected chi connectivity index (χ3v) is 5.23. The van der Waals surface area contributed by atoms with Crippen LogP contribution in [0.4, 0.5) is 0 Å². The molecule has 1 atom stereocenters. The summed E-state index contributed by atoms with van der Waals surface area (Å²) in [6.07, 6.45) is 3.30. The summed E-state index contributed by atoms with van der Waals surface area (Å²) in [6.45, 7) is 10.8. The van der Waals surface area contributed by atoms with Gasteiger partial charge in [-0.1, -0.05) is 43.6 Å². The van der Waals surface area contributed by atoms with Gasteiger partial charge in [-0.25, -0.2) is 18.1 Å². The Morgan fingerprint density at radius 3 is 2.52 bits per heavy atom. The number of hydrogen-bond acceptors (Lipinski definition) is 3. The van der Waals surface area contributed by atoms with Gasteiger partial charge < -0.3 is 4.57 Å². The minimum Gasteiger partial charge on any atom is -0.334 e. The second-order valence-electron chi connectivity index (χ2n) is 6.34. The lowest BCUT2D eigenvalue weighted by Crippen LogP contribution is -2.44. The van der Waals surface area contributed by atoms with Crippen LogP contribution in [-0.4, -0.2) is 29.3 Å². The largest absolute Gasteiger partial charge is 0.334 e. The fraction of sp³-hybridized carbons (Fsp3) is 0.786. The molecule has 0 saturated heterocycles. The van der Waals surface area contributed by atoms with Gasteiger partial charge in [0.2, 0.25) is 0 Å². The number of aromatic nitrogens is 2. The number of aryl methyl sites for hydroxylation is 2. The van der Waals surface area contributed by atoms with Crippen LogP contribution in [0.2, 0.25) is 0 Å². The monoisotopic (exact) mass is 379 g/mol. The zero-order chi connectivity index (χ0) is 16.3. The molecule has 0 amide bonds. The van der Waals surface area contributed by atoms with Crippen molar-refractivity contribution in [3.05, 3.63) is 12.0 Å². The normalized spacial score (nSPS) is 14.4. The van der Waals surface area contributed by atoms with Gasteiger partial charge in [0.1, 0.15) is 5.82 Å². The molecular formula is C14H26BrN3O2S. The van der Waals surface area contributed by atoms with Crippen LogP contribution in [0.25, 0.3) is 0 Å². The second-order valence-corrected chi connectivity index (χ2v) is 8.79. The van der Waals surface area contributed by atoms with Crippen LogP contribution in [0.3, 0.4) is 0 Å². The average molecular weight is 380 g/mol. The van der Waals surface area contributed by atoms with Crippen LogP contribution in [0.15, 0.2) is 11.2 Å². The number of rotatable bonds is 7. The molecule has 1 rings (SSSR count). The first-order valence-corrected chi connectivity index (χ1v) is 9.84. The van der Waals surface area contributed by atoms with E-state index in [1.54, 1.807) is 6.20 Å². The van der Waals surface area contributed by atoms with Gasteiger partial charge in [-0.15, -0.1) is 0 Å². The van der Waals surface area contributed by atoms with Crippen LogP contribution in [-0.2, 0) is 16.6 Å². The lowest BCUT2D eigenvalue weighted by Gasteiger charge is -2.30. The maximum atomic E-state index is 12.5. The van der Waals surface area contributed by atoms with E-state index in [0.29, 0.717) is 0 Å². The number of nitrogens with one attached hydrogen (secondary N) is 1. The maximum absolute atomic E-state index is 12.5. The number of sulfonamides is 1. The molecule has 1 N–H and O–H groups in total. The highest BCUT2D eigenvalue weighted by atomic mass is 79.9. The Labute approximate surface area is 136 Å². The summed E-state index contributed by atoms with van der Waals surface area (Å²) in [5.41, 5.74) is -0.151. The molecule has 7 heteroatoms. The highest BCUT2D eigenvalue weighted by Crippen LogP contribution is 2.24. The van der Waals surface area contributed by atoms with Crippen molar-refractivity contribution in [1.29, 1.82) is 0 Å². The molecule has 0 bridgehead atoms. The molecule has 5 nitrogen and oxygen atoms in total. The molecule has 0 saturated carbocycles. The van der Waals surface area contributed by atoms with Gasteiger partial charge in [0.15, 0.2) is 5.03 Å². The van der Waals surface area contributed by atoms with Gasteiger partial charge in [0.25, 0.3) is 10.0 Å². The van der Waals surface area contributed by atoms with Crippen molar-refractivity contribution in [2.75, 3.05) is 5.33 Å². The molecule has 0 aliphatic carbocycles. The van der Waals surface area contributed by atoms with E-state index >= 15 is 0 Å². The van der Waals surface area contributed by atoms with E-state index in [2.05, 4.69) is 32.6 Å². The number of imidazole rings is 1. The summed E-state index contributed by atoms with van der Waals surface area (Å²) in [6, 6.07) is -0.140. The summed E-state index contributed by atoms with van der Waals surface area (Å²) < 4.78 is 29.7. The van der Waals surface area contributed by atoms with Crippen molar-refractivity contribution in [2.45, 2.75) is 65.1 Å². The first-order valence-electron chi connectivity index (χ1n) is 7.24. The van der Waals surface area contributed by atoms with Crippen molar-refractivity contribution in [1.82, 2.24) is 14.3 Å². The summed E-state index contributed by atoms with van der Waals surface area (Å²) in [5.74, 6) is 0.727. The number of alkyl halides is 1. The van der Waals surface area contributed by atoms with E-state index in [1.165, 1.54) is 0 Å². The SMILES string of the molecule is CCCn1cc(S(=O)(=O)NC(CCBr)C(C)(C)C)nc1C. The molecule has 1 aromatic rings. The minimum absolute atomic E-state index is 0.109. The lowest BCUT2D eigenvalue weighted by atomic mass is 9.86. The summed E-state index contributed by atoms with van der Waals surface area (Å²) in [4.78, 5) is 4.20. The molecule has 1 aromatic heterocycles. The second kappa shape index (κ2) is 7.24. The molecule has 0 spiro atoms. The van der Waals surface area contributed by atoms with E-state index in [9.17, 15) is 8.42 Å². The smallest absolute Gasteiger partial charge is 0.259 e. The van der Waals surface area contributed by atoms with Crippen LogP contribution < -0.4 is 4.72 Å². The van der Waals surface area contributed by atoms with E-state index in [1.807, 2.05) is 32.3 Å². The van der Waals surface area contributed by atoms with Crippen molar-refractivity contribution in [3.8, 4) is 0 Å². The van der Waals surface area contributed by atoms with E-state index < -0.39 is 10.0 Å². The fourth-order valence-electron chi connectivity index (χ4n) is 2.10. The Hall–Kier alpha value is -0.400. The van der Waals surface area contributed by atoms with Gasteiger partial charge in [0, 0.05) is 24.1 Å². The maximum Gasteiger partial charge on any atom is 0.259 e. The summed E-state index contributed by atoms with van der Waals surface area (Å²) in [7, 11) is -3.59. The minimum atomic E-state index is -3.59. The molecule has 1 unspecified atom stereocenters. The van der Waals surface area contributed by atoms with Crippen molar-refractivity contribution >= 4 is 26.0 Å².